The lowest BCUT2D eigenvalue weighted by molar-refractivity contribution is 0.601. The van der Waals surface area contributed by atoms with Crippen molar-refractivity contribution in [1.29, 1.82) is 5.26 Å². The Kier molecular flexibility index (Phi) is 3.69. The summed E-state index contributed by atoms with van der Waals surface area (Å²) in [5.41, 5.74) is 0.633. The molecule has 0 saturated carbocycles. The smallest absolute Gasteiger partial charge is 0.263 e. The van der Waals surface area contributed by atoms with E-state index in [0.29, 0.717) is 11.3 Å². The van der Waals surface area contributed by atoms with Gasteiger partial charge in [0.25, 0.3) is 10.0 Å². The third-order valence-electron chi connectivity index (χ3n) is 2.26. The number of aromatic nitrogens is 1. The molecule has 1 aromatic heterocycles. The summed E-state index contributed by atoms with van der Waals surface area (Å²) in [5, 5.41) is 8.70. The summed E-state index contributed by atoms with van der Waals surface area (Å²) >= 11 is 5.87. The minimum atomic E-state index is -3.80. The van der Waals surface area contributed by atoms with E-state index >= 15 is 0 Å². The zero-order valence-electron chi connectivity index (χ0n) is 9.54. The van der Waals surface area contributed by atoms with Crippen molar-refractivity contribution in [2.45, 2.75) is 4.90 Å². The van der Waals surface area contributed by atoms with E-state index in [2.05, 4.69) is 9.71 Å². The van der Waals surface area contributed by atoms with Gasteiger partial charge >= 0.3 is 0 Å². The lowest BCUT2D eigenvalue weighted by atomic mass is 10.2. The fourth-order valence-electron chi connectivity index (χ4n) is 1.42. The van der Waals surface area contributed by atoms with E-state index in [-0.39, 0.29) is 9.92 Å². The molecule has 0 atom stereocenters. The Balaban J connectivity index is 2.38. The number of halogens is 1. The first-order valence-corrected chi connectivity index (χ1v) is 7.01. The highest BCUT2D eigenvalue weighted by Crippen LogP contribution is 2.24. The van der Waals surface area contributed by atoms with Crippen molar-refractivity contribution in [1.82, 2.24) is 4.98 Å². The molecule has 0 amide bonds. The predicted molar refractivity (Wildman–Crippen MR) is 71.2 cm³/mol. The lowest BCUT2D eigenvalue weighted by Crippen LogP contribution is -2.13. The topological polar surface area (TPSA) is 82.8 Å². The van der Waals surface area contributed by atoms with E-state index in [1.54, 1.807) is 12.1 Å². The van der Waals surface area contributed by atoms with E-state index in [1.807, 2.05) is 6.07 Å². The maximum atomic E-state index is 12.1. The number of nitriles is 1. The first kappa shape index (κ1) is 13.3. The lowest BCUT2D eigenvalue weighted by Gasteiger charge is -2.09. The molecule has 0 unspecified atom stereocenters. The third-order valence-corrected chi connectivity index (χ3v) is 4.13. The molecule has 1 N–H and O–H groups in total. The Bertz CT molecular complexity index is 739. The van der Waals surface area contributed by atoms with Gasteiger partial charge in [0.1, 0.15) is 4.90 Å². The van der Waals surface area contributed by atoms with Gasteiger partial charge in [-0.15, -0.1) is 0 Å². The van der Waals surface area contributed by atoms with Crippen LogP contribution in [-0.4, -0.2) is 13.4 Å². The summed E-state index contributed by atoms with van der Waals surface area (Å²) in [6.45, 7) is 0. The highest BCUT2D eigenvalue weighted by atomic mass is 35.5. The minimum absolute atomic E-state index is 0.00422. The monoisotopic (exact) mass is 293 g/mol. The molecule has 19 heavy (non-hydrogen) atoms. The van der Waals surface area contributed by atoms with Crippen LogP contribution in [0.1, 0.15) is 5.56 Å². The van der Waals surface area contributed by atoms with Crippen LogP contribution >= 0.6 is 11.6 Å². The Morgan fingerprint density at radius 3 is 2.68 bits per heavy atom. The van der Waals surface area contributed by atoms with Gasteiger partial charge in [-0.25, -0.2) is 8.42 Å². The number of hydrogen-bond donors (Lipinski definition) is 1. The van der Waals surface area contributed by atoms with Crippen molar-refractivity contribution < 1.29 is 8.42 Å². The molecule has 2 rings (SSSR count). The van der Waals surface area contributed by atoms with Crippen molar-refractivity contribution in [3.8, 4) is 6.07 Å². The maximum Gasteiger partial charge on any atom is 0.263 e. The summed E-state index contributed by atoms with van der Waals surface area (Å²) < 4.78 is 26.6. The standard InChI is InChI=1S/C12H8ClN3O2S/c13-11-6-9(7-14)3-4-12(11)19(17,18)16-10-2-1-5-15-8-10/h1-6,8,16H. The normalized spacial score (nSPS) is 10.7. The van der Waals surface area contributed by atoms with Crippen LogP contribution < -0.4 is 4.72 Å². The number of benzene rings is 1. The van der Waals surface area contributed by atoms with Gasteiger partial charge in [-0.2, -0.15) is 5.26 Å². The van der Waals surface area contributed by atoms with Crippen LogP contribution in [0.2, 0.25) is 5.02 Å². The van der Waals surface area contributed by atoms with Gasteiger partial charge < -0.3 is 0 Å². The van der Waals surface area contributed by atoms with Crippen molar-refractivity contribution >= 4 is 27.3 Å². The molecule has 1 aromatic carbocycles. The SMILES string of the molecule is N#Cc1ccc(S(=O)(=O)Nc2cccnc2)c(Cl)c1. The molecule has 0 aliphatic rings. The van der Waals surface area contributed by atoms with Gasteiger partial charge in [0.2, 0.25) is 0 Å². The Morgan fingerprint density at radius 2 is 2.11 bits per heavy atom. The molecule has 0 radical (unpaired) electrons. The molecule has 1 heterocycles. The molecule has 0 fully saturated rings. The average molecular weight is 294 g/mol. The van der Waals surface area contributed by atoms with Gasteiger partial charge in [-0.1, -0.05) is 11.6 Å². The molecule has 96 valence electrons. The van der Waals surface area contributed by atoms with Crippen LogP contribution in [-0.2, 0) is 10.0 Å². The first-order valence-electron chi connectivity index (χ1n) is 5.15. The summed E-state index contributed by atoms with van der Waals surface area (Å²) in [5.74, 6) is 0. The quantitative estimate of drug-likeness (QED) is 0.942. The number of pyridine rings is 1. The van der Waals surface area contributed by atoms with Gasteiger partial charge in [-0.3, -0.25) is 9.71 Å². The van der Waals surface area contributed by atoms with Crippen LogP contribution in [0.25, 0.3) is 0 Å². The largest absolute Gasteiger partial charge is 0.278 e. The molecule has 0 saturated heterocycles. The molecule has 0 spiro atoms. The van der Waals surface area contributed by atoms with Gasteiger partial charge in [-0.05, 0) is 30.3 Å². The van der Waals surface area contributed by atoms with Crippen molar-refractivity contribution in [3.05, 3.63) is 53.3 Å². The number of nitrogens with one attached hydrogen (secondary N) is 1. The molecular weight excluding hydrogens is 286 g/mol. The molecule has 0 bridgehead atoms. The molecule has 0 aliphatic heterocycles. The number of nitrogens with zero attached hydrogens (tertiary/aromatic N) is 2. The van der Waals surface area contributed by atoms with Crippen LogP contribution in [0.15, 0.2) is 47.6 Å². The van der Waals surface area contributed by atoms with Gasteiger partial charge in [0, 0.05) is 6.20 Å². The second kappa shape index (κ2) is 5.26. The van der Waals surface area contributed by atoms with Crippen LogP contribution in [0.3, 0.4) is 0 Å². The van der Waals surface area contributed by atoms with E-state index in [4.69, 9.17) is 16.9 Å². The zero-order chi connectivity index (χ0) is 13.9. The number of sulfonamides is 1. The molecule has 2 aromatic rings. The predicted octanol–water partition coefficient (Wildman–Crippen LogP) is 2.41. The highest BCUT2D eigenvalue weighted by molar-refractivity contribution is 7.92. The second-order valence-corrected chi connectivity index (χ2v) is 5.66. The number of rotatable bonds is 3. The number of anilines is 1. The van der Waals surface area contributed by atoms with E-state index in [0.717, 1.165) is 0 Å². The van der Waals surface area contributed by atoms with Crippen LogP contribution in [0.4, 0.5) is 5.69 Å². The maximum absolute atomic E-state index is 12.1. The second-order valence-electron chi connectivity index (χ2n) is 3.60. The Morgan fingerprint density at radius 1 is 1.32 bits per heavy atom. The summed E-state index contributed by atoms with van der Waals surface area (Å²) in [7, 11) is -3.80. The van der Waals surface area contributed by atoms with Crippen LogP contribution in [0.5, 0.6) is 0 Å². The summed E-state index contributed by atoms with van der Waals surface area (Å²) in [6.07, 6.45) is 2.92. The minimum Gasteiger partial charge on any atom is -0.278 e. The Labute approximate surface area is 115 Å². The van der Waals surface area contributed by atoms with Crippen molar-refractivity contribution in [2.24, 2.45) is 0 Å². The molecular formula is C12H8ClN3O2S. The molecule has 5 nitrogen and oxygen atoms in total. The third kappa shape index (κ3) is 3.02. The van der Waals surface area contributed by atoms with Crippen molar-refractivity contribution in [3.63, 3.8) is 0 Å². The molecule has 7 heteroatoms. The number of hydrogen-bond acceptors (Lipinski definition) is 4. The fraction of sp³-hybridized carbons (Fsp3) is 0. The first-order chi connectivity index (χ1) is 9.03. The Hall–Kier alpha value is -2.10. The van der Waals surface area contributed by atoms with Crippen molar-refractivity contribution in [2.75, 3.05) is 4.72 Å². The van der Waals surface area contributed by atoms with Gasteiger partial charge in [0.05, 0.1) is 28.5 Å². The molecule has 0 aliphatic carbocycles. The van der Waals surface area contributed by atoms with E-state index in [9.17, 15) is 8.42 Å². The average Bonchev–Trinajstić information content (AvgIpc) is 2.38. The summed E-state index contributed by atoms with van der Waals surface area (Å²) in [6, 6.07) is 9.06. The van der Waals surface area contributed by atoms with E-state index in [1.165, 1.54) is 30.6 Å². The van der Waals surface area contributed by atoms with E-state index < -0.39 is 10.0 Å². The van der Waals surface area contributed by atoms with Gasteiger partial charge in [0.15, 0.2) is 0 Å². The fourth-order valence-corrected chi connectivity index (χ4v) is 3.01. The van der Waals surface area contributed by atoms with Crippen LogP contribution in [0, 0.1) is 11.3 Å². The highest BCUT2D eigenvalue weighted by Gasteiger charge is 2.18. The zero-order valence-corrected chi connectivity index (χ0v) is 11.1. The summed E-state index contributed by atoms with van der Waals surface area (Å²) in [4.78, 5) is 3.72.